The summed E-state index contributed by atoms with van der Waals surface area (Å²) in [6, 6.07) is 0. The molecule has 0 aromatic carbocycles. The van der Waals surface area contributed by atoms with Gasteiger partial charge in [0, 0.05) is 24.8 Å². The highest BCUT2D eigenvalue weighted by Crippen LogP contribution is 2.20. The van der Waals surface area contributed by atoms with Gasteiger partial charge in [0.05, 0.1) is 24.4 Å². The lowest BCUT2D eigenvalue weighted by molar-refractivity contribution is -0.139. The lowest BCUT2D eigenvalue weighted by Gasteiger charge is -2.31. The van der Waals surface area contributed by atoms with Crippen LogP contribution in [0, 0.1) is 0 Å². The van der Waals surface area contributed by atoms with Gasteiger partial charge in [0.25, 0.3) is 0 Å². The summed E-state index contributed by atoms with van der Waals surface area (Å²) in [5, 5.41) is 9.16. The van der Waals surface area contributed by atoms with Gasteiger partial charge in [0.2, 0.25) is 5.91 Å². The van der Waals surface area contributed by atoms with Crippen LogP contribution >= 0.6 is 11.3 Å². The molecule has 0 radical (unpaired) electrons. The number of carbonyl (C=O) groups excluding carboxylic acids is 1. The number of aromatic nitrogens is 4. The van der Waals surface area contributed by atoms with Crippen LogP contribution in [0.15, 0.2) is 10.9 Å². The number of thiazole rings is 1. The number of rotatable bonds is 6. The normalized spacial score (nSPS) is 18.3. The Morgan fingerprint density at radius 3 is 3.22 bits per heavy atom. The first-order chi connectivity index (χ1) is 11.3. The van der Waals surface area contributed by atoms with Gasteiger partial charge in [0.1, 0.15) is 11.9 Å². The first-order valence-electron chi connectivity index (χ1n) is 7.94. The van der Waals surface area contributed by atoms with Crippen LogP contribution in [0.1, 0.15) is 43.2 Å². The molecule has 23 heavy (non-hydrogen) atoms. The van der Waals surface area contributed by atoms with Crippen LogP contribution in [0.4, 0.5) is 0 Å². The molecular formula is C15H21N5O2S. The van der Waals surface area contributed by atoms with Crippen molar-refractivity contribution < 1.29 is 9.53 Å². The average Bonchev–Trinajstić information content (AvgIpc) is 3.25. The maximum Gasteiger partial charge on any atom is 0.223 e. The van der Waals surface area contributed by atoms with Gasteiger partial charge >= 0.3 is 0 Å². The second kappa shape index (κ2) is 7.65. The van der Waals surface area contributed by atoms with Crippen LogP contribution in [0.5, 0.6) is 0 Å². The molecule has 0 unspecified atom stereocenters. The molecular weight excluding hydrogens is 314 g/mol. The molecule has 8 heteroatoms. The van der Waals surface area contributed by atoms with Gasteiger partial charge in [0.15, 0.2) is 5.82 Å². The van der Waals surface area contributed by atoms with Crippen LogP contribution in [0.3, 0.4) is 0 Å². The molecule has 0 bridgehead atoms. The Bertz CT molecular complexity index is 628. The molecule has 1 N–H and O–H groups in total. The summed E-state index contributed by atoms with van der Waals surface area (Å²) in [5.41, 5.74) is 2.77. The molecule has 124 valence electrons. The molecule has 1 amide bonds. The predicted octanol–water partition coefficient (Wildman–Crippen LogP) is 1.75. The van der Waals surface area contributed by atoms with Crippen molar-refractivity contribution in [2.75, 3.05) is 19.7 Å². The smallest absolute Gasteiger partial charge is 0.223 e. The Labute approximate surface area is 139 Å². The van der Waals surface area contributed by atoms with Crippen molar-refractivity contribution in [2.45, 2.75) is 38.7 Å². The van der Waals surface area contributed by atoms with Crippen molar-refractivity contribution in [3.05, 3.63) is 28.2 Å². The van der Waals surface area contributed by atoms with E-state index in [2.05, 4.69) is 27.1 Å². The first-order valence-corrected chi connectivity index (χ1v) is 8.88. The number of nitrogens with one attached hydrogen (secondary N) is 1. The van der Waals surface area contributed by atoms with Gasteiger partial charge < -0.3 is 9.64 Å². The minimum atomic E-state index is -0.242. The monoisotopic (exact) mass is 335 g/mol. The van der Waals surface area contributed by atoms with Crippen LogP contribution in [0.2, 0.25) is 0 Å². The van der Waals surface area contributed by atoms with E-state index < -0.39 is 0 Å². The largest absolute Gasteiger partial charge is 0.366 e. The number of hydrogen-bond acceptors (Lipinski definition) is 6. The number of ether oxygens (including phenoxy) is 1. The second-order valence-electron chi connectivity index (χ2n) is 5.57. The third-order valence-corrected chi connectivity index (χ3v) is 4.46. The minimum Gasteiger partial charge on any atom is -0.366 e. The van der Waals surface area contributed by atoms with Gasteiger partial charge in [-0.25, -0.2) is 9.97 Å². The summed E-state index contributed by atoms with van der Waals surface area (Å²) < 4.78 is 5.74. The van der Waals surface area contributed by atoms with E-state index in [1.54, 1.807) is 16.8 Å². The highest BCUT2D eigenvalue weighted by atomic mass is 32.1. The standard InChI is InChI=1S/C15H21N5O2S/c1-2-3-13-17-15(19-18-13)12-8-20(6-7-22-12)14(21)5-4-11-9-23-10-16-11/h9-10,12H,2-8H2,1H3,(H,17,18,19)/t12-/m1/s1. The fourth-order valence-electron chi connectivity index (χ4n) is 2.59. The molecule has 3 rings (SSSR count). The van der Waals surface area contributed by atoms with Crippen molar-refractivity contribution in [1.82, 2.24) is 25.1 Å². The quantitative estimate of drug-likeness (QED) is 0.869. The number of aromatic amines is 1. The lowest BCUT2D eigenvalue weighted by Crippen LogP contribution is -2.42. The van der Waals surface area contributed by atoms with Gasteiger partial charge in [-0.3, -0.25) is 9.89 Å². The summed E-state index contributed by atoms with van der Waals surface area (Å²) in [6.07, 6.45) is 2.81. The molecule has 1 atom stereocenters. The van der Waals surface area contributed by atoms with Crippen LogP contribution in [-0.2, 0) is 22.4 Å². The van der Waals surface area contributed by atoms with E-state index in [-0.39, 0.29) is 12.0 Å². The Morgan fingerprint density at radius 1 is 1.52 bits per heavy atom. The van der Waals surface area contributed by atoms with Crippen LogP contribution in [0.25, 0.3) is 0 Å². The first kappa shape index (κ1) is 16.1. The second-order valence-corrected chi connectivity index (χ2v) is 6.29. The molecule has 1 aliphatic rings. The number of carbonyl (C=O) groups is 1. The van der Waals surface area contributed by atoms with E-state index in [4.69, 9.17) is 4.74 Å². The summed E-state index contributed by atoms with van der Waals surface area (Å²) >= 11 is 1.55. The van der Waals surface area contributed by atoms with E-state index >= 15 is 0 Å². The summed E-state index contributed by atoms with van der Waals surface area (Å²) in [6.45, 7) is 3.75. The van der Waals surface area contributed by atoms with Crippen molar-refractivity contribution >= 4 is 17.2 Å². The molecule has 1 fully saturated rings. The average molecular weight is 335 g/mol. The van der Waals surface area contributed by atoms with Crippen molar-refractivity contribution in [2.24, 2.45) is 0 Å². The maximum atomic E-state index is 12.4. The molecule has 1 saturated heterocycles. The van der Waals surface area contributed by atoms with E-state index in [0.717, 1.165) is 24.4 Å². The predicted molar refractivity (Wildman–Crippen MR) is 86.1 cm³/mol. The molecule has 1 aliphatic heterocycles. The lowest BCUT2D eigenvalue weighted by atomic mass is 10.2. The zero-order chi connectivity index (χ0) is 16.1. The molecule has 2 aromatic rings. The summed E-state index contributed by atoms with van der Waals surface area (Å²) in [5.74, 6) is 1.65. The SMILES string of the molecule is CCCc1nc([C@H]2CN(C(=O)CCc3cscn3)CCO2)n[nH]1. The zero-order valence-electron chi connectivity index (χ0n) is 13.2. The van der Waals surface area contributed by atoms with Crippen LogP contribution < -0.4 is 0 Å². The Hall–Kier alpha value is -1.80. The molecule has 3 heterocycles. The van der Waals surface area contributed by atoms with E-state index in [1.165, 1.54) is 0 Å². The number of morpholine rings is 1. The third kappa shape index (κ3) is 4.14. The Kier molecular flexibility index (Phi) is 5.35. The fraction of sp³-hybridized carbons (Fsp3) is 0.600. The van der Waals surface area contributed by atoms with Crippen molar-refractivity contribution in [3.8, 4) is 0 Å². The van der Waals surface area contributed by atoms with Gasteiger partial charge in [-0.2, -0.15) is 5.10 Å². The molecule has 0 saturated carbocycles. The van der Waals surface area contributed by atoms with Crippen molar-refractivity contribution in [3.63, 3.8) is 0 Å². The molecule has 7 nitrogen and oxygen atoms in total. The number of aryl methyl sites for hydroxylation is 2. The van der Waals surface area contributed by atoms with Gasteiger partial charge in [-0.05, 0) is 12.8 Å². The van der Waals surface area contributed by atoms with Gasteiger partial charge in [-0.1, -0.05) is 6.92 Å². The zero-order valence-corrected chi connectivity index (χ0v) is 14.0. The minimum absolute atomic E-state index is 0.135. The molecule has 0 spiro atoms. The topological polar surface area (TPSA) is 84.0 Å². The van der Waals surface area contributed by atoms with E-state index in [9.17, 15) is 4.79 Å². The Balaban J connectivity index is 1.55. The van der Waals surface area contributed by atoms with E-state index in [0.29, 0.717) is 38.4 Å². The maximum absolute atomic E-state index is 12.4. The highest BCUT2D eigenvalue weighted by molar-refractivity contribution is 7.07. The molecule has 0 aliphatic carbocycles. The number of H-pyrrole nitrogens is 1. The van der Waals surface area contributed by atoms with Crippen molar-refractivity contribution in [1.29, 1.82) is 0 Å². The fourth-order valence-corrected chi connectivity index (χ4v) is 3.18. The van der Waals surface area contributed by atoms with E-state index in [1.807, 2.05) is 10.3 Å². The summed E-state index contributed by atoms with van der Waals surface area (Å²) in [7, 11) is 0. The number of nitrogens with zero attached hydrogens (tertiary/aromatic N) is 4. The van der Waals surface area contributed by atoms with Gasteiger partial charge in [-0.15, -0.1) is 11.3 Å². The van der Waals surface area contributed by atoms with Crippen LogP contribution in [-0.4, -0.2) is 50.7 Å². The number of hydrogen-bond donors (Lipinski definition) is 1. The number of amides is 1. The molecule has 2 aromatic heterocycles. The highest BCUT2D eigenvalue weighted by Gasteiger charge is 2.27. The third-order valence-electron chi connectivity index (χ3n) is 3.82. The Morgan fingerprint density at radius 2 is 2.43 bits per heavy atom. The summed E-state index contributed by atoms with van der Waals surface area (Å²) in [4.78, 5) is 22.9.